The molecule has 1 amide bonds. The molecule has 0 saturated carbocycles. The van der Waals surface area contributed by atoms with Crippen molar-refractivity contribution >= 4 is 33.2 Å². The van der Waals surface area contributed by atoms with Gasteiger partial charge in [-0.3, -0.25) is 9.52 Å². The van der Waals surface area contributed by atoms with E-state index in [2.05, 4.69) is 10.0 Å². The second-order valence-electron chi connectivity index (χ2n) is 6.56. The Morgan fingerprint density at radius 2 is 1.70 bits per heavy atom. The van der Waals surface area contributed by atoms with E-state index in [9.17, 15) is 17.6 Å². The van der Waals surface area contributed by atoms with E-state index in [1.807, 2.05) is 24.3 Å². The van der Waals surface area contributed by atoms with E-state index in [-0.39, 0.29) is 16.1 Å². The fraction of sp³-hybridized carbons (Fsp3) is 0.136. The molecular formula is C22H20ClFN2O3S. The Morgan fingerprint density at radius 3 is 2.47 bits per heavy atom. The lowest BCUT2D eigenvalue weighted by Crippen LogP contribution is -2.25. The molecule has 0 unspecified atom stereocenters. The third-order valence-electron chi connectivity index (χ3n) is 4.39. The van der Waals surface area contributed by atoms with Crippen molar-refractivity contribution in [3.8, 4) is 0 Å². The van der Waals surface area contributed by atoms with Crippen molar-refractivity contribution in [3.05, 3.63) is 94.8 Å². The molecule has 0 spiro atoms. The summed E-state index contributed by atoms with van der Waals surface area (Å²) in [5.41, 5.74) is 1.04. The molecular weight excluding hydrogens is 427 g/mol. The molecule has 0 aliphatic carbocycles. The number of hydrogen-bond donors (Lipinski definition) is 2. The molecule has 30 heavy (non-hydrogen) atoms. The topological polar surface area (TPSA) is 75.3 Å². The molecule has 0 fully saturated rings. The third kappa shape index (κ3) is 5.58. The molecule has 0 bridgehead atoms. The molecule has 156 valence electrons. The monoisotopic (exact) mass is 446 g/mol. The van der Waals surface area contributed by atoms with Crippen molar-refractivity contribution in [2.75, 3.05) is 11.3 Å². The lowest BCUT2D eigenvalue weighted by atomic mass is 10.1. The lowest BCUT2D eigenvalue weighted by molar-refractivity contribution is 0.0953. The molecule has 0 saturated heterocycles. The maximum atomic E-state index is 13.8. The molecule has 3 rings (SSSR count). The summed E-state index contributed by atoms with van der Waals surface area (Å²) in [4.78, 5) is 12.3. The average Bonchev–Trinajstić information content (AvgIpc) is 2.74. The van der Waals surface area contributed by atoms with Gasteiger partial charge in [-0.1, -0.05) is 48.0 Å². The third-order valence-corrected chi connectivity index (χ3v) is 6.12. The van der Waals surface area contributed by atoms with Crippen molar-refractivity contribution in [1.29, 1.82) is 0 Å². The predicted octanol–water partition coefficient (Wildman–Crippen LogP) is 4.64. The van der Waals surface area contributed by atoms with Crippen LogP contribution in [-0.4, -0.2) is 20.9 Å². The molecule has 0 radical (unpaired) electrons. The van der Waals surface area contributed by atoms with Crippen LogP contribution >= 0.6 is 11.6 Å². The van der Waals surface area contributed by atoms with Crippen LogP contribution in [0.4, 0.5) is 10.1 Å². The van der Waals surface area contributed by atoms with E-state index in [0.717, 1.165) is 11.6 Å². The van der Waals surface area contributed by atoms with Gasteiger partial charge in [0, 0.05) is 17.1 Å². The van der Waals surface area contributed by atoms with Crippen LogP contribution in [0.2, 0.25) is 5.02 Å². The number of aryl methyl sites for hydroxylation is 1. The number of carbonyl (C=O) groups excluding carboxylic acids is 1. The summed E-state index contributed by atoms with van der Waals surface area (Å²) in [5, 5.41) is 3.45. The fourth-order valence-corrected chi connectivity index (χ4v) is 4.18. The van der Waals surface area contributed by atoms with Gasteiger partial charge < -0.3 is 5.32 Å². The average molecular weight is 447 g/mol. The van der Waals surface area contributed by atoms with E-state index in [4.69, 9.17) is 11.6 Å². The number of anilines is 1. The quantitative estimate of drug-likeness (QED) is 0.495. The molecule has 0 heterocycles. The molecule has 0 aromatic heterocycles. The standard InChI is InChI=1S/C22H20ClFN2O3S/c23-19-11-2-1-7-16(19)9-6-14-25-22(27)17-8-5-10-18(15-17)30(28,29)26-21-13-4-3-12-20(21)24/h1-5,7-8,10-13,15,26H,6,9,14H2,(H,25,27). The summed E-state index contributed by atoms with van der Waals surface area (Å²) >= 11 is 6.12. The van der Waals surface area contributed by atoms with E-state index in [1.54, 1.807) is 0 Å². The molecule has 0 atom stereocenters. The Morgan fingerprint density at radius 1 is 0.967 bits per heavy atom. The van der Waals surface area contributed by atoms with Crippen molar-refractivity contribution < 1.29 is 17.6 Å². The largest absolute Gasteiger partial charge is 0.352 e. The number of nitrogens with one attached hydrogen (secondary N) is 2. The van der Waals surface area contributed by atoms with Crippen molar-refractivity contribution in [1.82, 2.24) is 5.32 Å². The van der Waals surface area contributed by atoms with Crippen LogP contribution in [0.25, 0.3) is 0 Å². The highest BCUT2D eigenvalue weighted by atomic mass is 35.5. The normalized spacial score (nSPS) is 11.1. The highest BCUT2D eigenvalue weighted by molar-refractivity contribution is 7.92. The zero-order valence-electron chi connectivity index (χ0n) is 15.9. The van der Waals surface area contributed by atoms with Crippen LogP contribution in [0.3, 0.4) is 0 Å². The first-order valence-corrected chi connectivity index (χ1v) is 11.1. The van der Waals surface area contributed by atoms with E-state index in [0.29, 0.717) is 24.4 Å². The number of para-hydroxylation sites is 1. The minimum atomic E-state index is -4.04. The molecule has 3 aromatic carbocycles. The van der Waals surface area contributed by atoms with Crippen LogP contribution in [0, 0.1) is 5.82 Å². The highest BCUT2D eigenvalue weighted by Crippen LogP contribution is 2.20. The summed E-state index contributed by atoms with van der Waals surface area (Å²) in [5.74, 6) is -1.08. The van der Waals surface area contributed by atoms with Crippen LogP contribution in [0.15, 0.2) is 77.7 Å². The van der Waals surface area contributed by atoms with Crippen molar-refractivity contribution in [2.24, 2.45) is 0 Å². The Bertz CT molecular complexity index is 1150. The van der Waals surface area contributed by atoms with Gasteiger partial charge in [0.1, 0.15) is 5.82 Å². The number of halogens is 2. The summed E-state index contributed by atoms with van der Waals surface area (Å²) in [6.45, 7) is 0.411. The first kappa shape index (κ1) is 21.8. The second kappa shape index (κ2) is 9.73. The maximum Gasteiger partial charge on any atom is 0.262 e. The van der Waals surface area contributed by atoms with E-state index in [1.165, 1.54) is 42.5 Å². The Kier molecular flexibility index (Phi) is 7.07. The smallest absolute Gasteiger partial charge is 0.262 e. The molecule has 0 aliphatic heterocycles. The number of hydrogen-bond acceptors (Lipinski definition) is 3. The van der Waals surface area contributed by atoms with Crippen molar-refractivity contribution in [3.63, 3.8) is 0 Å². The molecule has 2 N–H and O–H groups in total. The molecule has 3 aromatic rings. The van der Waals surface area contributed by atoms with Crippen LogP contribution in [0.1, 0.15) is 22.3 Å². The number of sulfonamides is 1. The van der Waals surface area contributed by atoms with Gasteiger partial charge in [-0.25, -0.2) is 12.8 Å². The van der Waals surface area contributed by atoms with Gasteiger partial charge >= 0.3 is 0 Å². The number of benzene rings is 3. The minimum absolute atomic E-state index is 0.130. The highest BCUT2D eigenvalue weighted by Gasteiger charge is 2.18. The van der Waals surface area contributed by atoms with E-state index < -0.39 is 21.7 Å². The summed E-state index contributed by atoms with van der Waals surface area (Å²) in [7, 11) is -4.04. The Balaban J connectivity index is 1.62. The molecule has 5 nitrogen and oxygen atoms in total. The fourth-order valence-electron chi connectivity index (χ4n) is 2.84. The lowest BCUT2D eigenvalue weighted by Gasteiger charge is -2.10. The predicted molar refractivity (Wildman–Crippen MR) is 116 cm³/mol. The summed E-state index contributed by atoms with van der Waals surface area (Å²) in [6, 6.07) is 18.6. The molecule has 0 aliphatic rings. The minimum Gasteiger partial charge on any atom is -0.352 e. The zero-order valence-corrected chi connectivity index (χ0v) is 17.5. The van der Waals surface area contributed by atoms with Crippen LogP contribution < -0.4 is 10.0 Å². The van der Waals surface area contributed by atoms with Crippen LogP contribution in [0.5, 0.6) is 0 Å². The maximum absolute atomic E-state index is 13.8. The van der Waals surface area contributed by atoms with Gasteiger partial charge in [-0.05, 0) is 54.8 Å². The Hall–Kier alpha value is -2.90. The Labute approximate surface area is 179 Å². The number of amides is 1. The van der Waals surface area contributed by atoms with Gasteiger partial charge in [0.15, 0.2) is 0 Å². The van der Waals surface area contributed by atoms with Crippen molar-refractivity contribution in [2.45, 2.75) is 17.7 Å². The summed E-state index contributed by atoms with van der Waals surface area (Å²) in [6.07, 6.45) is 1.39. The molecule has 8 heteroatoms. The number of rotatable bonds is 8. The SMILES string of the molecule is O=C(NCCCc1ccccc1Cl)c1cccc(S(=O)(=O)Nc2ccccc2F)c1. The van der Waals surface area contributed by atoms with Gasteiger partial charge in [-0.2, -0.15) is 0 Å². The van der Waals surface area contributed by atoms with Crippen LogP contribution in [-0.2, 0) is 16.4 Å². The number of carbonyl (C=O) groups is 1. The first-order valence-electron chi connectivity index (χ1n) is 9.26. The van der Waals surface area contributed by atoms with Gasteiger partial charge in [-0.15, -0.1) is 0 Å². The zero-order chi connectivity index (χ0) is 21.6. The summed E-state index contributed by atoms with van der Waals surface area (Å²) < 4.78 is 41.1. The van der Waals surface area contributed by atoms with Gasteiger partial charge in [0.25, 0.3) is 15.9 Å². The second-order valence-corrected chi connectivity index (χ2v) is 8.65. The van der Waals surface area contributed by atoms with E-state index >= 15 is 0 Å². The van der Waals surface area contributed by atoms with Gasteiger partial charge in [0.2, 0.25) is 0 Å². The first-order chi connectivity index (χ1) is 14.4. The van der Waals surface area contributed by atoms with Gasteiger partial charge in [0.05, 0.1) is 10.6 Å².